The predicted molar refractivity (Wildman–Crippen MR) is 94.2 cm³/mol. The number of methoxy groups -OCH3 is 1. The van der Waals surface area contributed by atoms with Gasteiger partial charge in [0.1, 0.15) is 5.69 Å². The van der Waals surface area contributed by atoms with Crippen LogP contribution in [0.5, 0.6) is 11.5 Å². The van der Waals surface area contributed by atoms with Gasteiger partial charge in [-0.05, 0) is 37.1 Å². The molecular formula is C18H20N2O5. The summed E-state index contributed by atoms with van der Waals surface area (Å²) < 4.78 is 10.8. The third-order valence-corrected chi connectivity index (χ3v) is 3.50. The van der Waals surface area contributed by atoms with Crippen molar-refractivity contribution in [2.75, 3.05) is 19.0 Å². The van der Waals surface area contributed by atoms with Crippen LogP contribution in [0.2, 0.25) is 0 Å². The van der Waals surface area contributed by atoms with Gasteiger partial charge in [-0.25, -0.2) is 0 Å². The second-order valence-corrected chi connectivity index (χ2v) is 5.43. The molecule has 2 rings (SSSR count). The molecule has 0 saturated heterocycles. The molecule has 25 heavy (non-hydrogen) atoms. The van der Waals surface area contributed by atoms with Crippen molar-refractivity contribution in [2.45, 2.75) is 19.8 Å². The van der Waals surface area contributed by atoms with Gasteiger partial charge in [0.15, 0.2) is 11.5 Å². The van der Waals surface area contributed by atoms with Crippen molar-refractivity contribution in [1.29, 1.82) is 0 Å². The number of hydrogen-bond acceptors (Lipinski definition) is 5. The van der Waals surface area contributed by atoms with Gasteiger partial charge in [-0.2, -0.15) is 0 Å². The fraction of sp³-hybridized carbons (Fsp3) is 0.278. The molecule has 0 heterocycles. The third-order valence-electron chi connectivity index (χ3n) is 3.50. The second kappa shape index (κ2) is 8.68. The van der Waals surface area contributed by atoms with Crippen molar-refractivity contribution in [3.63, 3.8) is 0 Å². The summed E-state index contributed by atoms with van der Waals surface area (Å²) in [5.74, 6) is 0.942. The molecule has 7 heteroatoms. The summed E-state index contributed by atoms with van der Waals surface area (Å²) in [6.45, 7) is 2.09. The van der Waals surface area contributed by atoms with Gasteiger partial charge < -0.3 is 14.8 Å². The number of aryl methyl sites for hydroxylation is 1. The Balaban J connectivity index is 1.84. The highest BCUT2D eigenvalue weighted by molar-refractivity contribution is 5.93. The average molecular weight is 344 g/mol. The van der Waals surface area contributed by atoms with Crippen LogP contribution < -0.4 is 14.8 Å². The van der Waals surface area contributed by atoms with Crippen molar-refractivity contribution in [3.8, 4) is 11.5 Å². The van der Waals surface area contributed by atoms with Gasteiger partial charge in [0.25, 0.3) is 5.69 Å². The second-order valence-electron chi connectivity index (χ2n) is 5.43. The molecule has 0 atom stereocenters. The number of nitrogens with zero attached hydrogens (tertiary/aromatic N) is 1. The highest BCUT2D eigenvalue weighted by atomic mass is 16.6. The van der Waals surface area contributed by atoms with E-state index in [1.165, 1.54) is 12.1 Å². The molecule has 0 aliphatic carbocycles. The summed E-state index contributed by atoms with van der Waals surface area (Å²) in [6, 6.07) is 11.9. The van der Waals surface area contributed by atoms with Crippen LogP contribution in [0.4, 0.5) is 11.4 Å². The first-order chi connectivity index (χ1) is 12.0. The number of nitrogens with one attached hydrogen (secondary N) is 1. The maximum absolute atomic E-state index is 12.0. The van der Waals surface area contributed by atoms with Crippen molar-refractivity contribution in [2.24, 2.45) is 0 Å². The SMILES string of the molecule is COc1ccccc1OCCCC(=O)Nc1ccc(C)cc1[N+](=O)[O-]. The minimum absolute atomic E-state index is 0.112. The molecule has 0 spiro atoms. The quantitative estimate of drug-likeness (QED) is 0.448. The molecule has 0 aromatic heterocycles. The van der Waals surface area contributed by atoms with E-state index < -0.39 is 4.92 Å². The number of para-hydroxylation sites is 2. The van der Waals surface area contributed by atoms with E-state index in [9.17, 15) is 14.9 Å². The first kappa shape index (κ1) is 18.3. The van der Waals surface area contributed by atoms with Crippen LogP contribution in [-0.4, -0.2) is 24.5 Å². The number of amides is 1. The van der Waals surface area contributed by atoms with Gasteiger partial charge in [-0.1, -0.05) is 18.2 Å². The van der Waals surface area contributed by atoms with E-state index in [0.717, 1.165) is 5.56 Å². The van der Waals surface area contributed by atoms with Crippen molar-refractivity contribution in [3.05, 3.63) is 58.1 Å². The van der Waals surface area contributed by atoms with E-state index in [0.29, 0.717) is 24.5 Å². The Morgan fingerprint density at radius 1 is 1.20 bits per heavy atom. The summed E-state index contributed by atoms with van der Waals surface area (Å²) in [6.07, 6.45) is 0.670. The zero-order chi connectivity index (χ0) is 18.2. The van der Waals surface area contributed by atoms with Crippen molar-refractivity contribution < 1.29 is 19.2 Å². The molecule has 0 radical (unpaired) electrons. The van der Waals surface area contributed by atoms with Gasteiger partial charge >= 0.3 is 0 Å². The molecule has 2 aromatic rings. The first-order valence-corrected chi connectivity index (χ1v) is 7.82. The summed E-state index contributed by atoms with van der Waals surface area (Å²) in [4.78, 5) is 22.5. The van der Waals surface area contributed by atoms with Crippen molar-refractivity contribution in [1.82, 2.24) is 0 Å². The number of nitro groups is 1. The Kier molecular flexibility index (Phi) is 6.33. The van der Waals surface area contributed by atoms with Gasteiger partial charge in [0, 0.05) is 12.5 Å². The molecule has 0 aliphatic rings. The fourth-order valence-electron chi connectivity index (χ4n) is 2.26. The van der Waals surface area contributed by atoms with Crippen LogP contribution >= 0.6 is 0 Å². The molecule has 0 fully saturated rings. The molecule has 2 aromatic carbocycles. The van der Waals surface area contributed by atoms with Crippen LogP contribution in [0, 0.1) is 17.0 Å². The minimum atomic E-state index is -0.507. The van der Waals surface area contributed by atoms with E-state index >= 15 is 0 Å². The lowest BCUT2D eigenvalue weighted by molar-refractivity contribution is -0.384. The van der Waals surface area contributed by atoms with E-state index in [1.807, 2.05) is 12.1 Å². The maximum Gasteiger partial charge on any atom is 0.293 e. The Bertz CT molecular complexity index is 761. The molecule has 1 amide bonds. The van der Waals surface area contributed by atoms with Gasteiger partial charge in [0.05, 0.1) is 18.6 Å². The van der Waals surface area contributed by atoms with Gasteiger partial charge in [-0.3, -0.25) is 14.9 Å². The number of nitro benzene ring substituents is 1. The van der Waals surface area contributed by atoms with E-state index in [2.05, 4.69) is 5.32 Å². The highest BCUT2D eigenvalue weighted by Gasteiger charge is 2.15. The number of rotatable bonds is 8. The summed E-state index contributed by atoms with van der Waals surface area (Å²) >= 11 is 0. The number of anilines is 1. The Morgan fingerprint density at radius 2 is 1.92 bits per heavy atom. The number of carbonyl (C=O) groups excluding carboxylic acids is 1. The largest absolute Gasteiger partial charge is 0.493 e. The molecule has 0 unspecified atom stereocenters. The lowest BCUT2D eigenvalue weighted by Crippen LogP contribution is -2.14. The van der Waals surface area contributed by atoms with Gasteiger partial charge in [-0.15, -0.1) is 0 Å². The van der Waals surface area contributed by atoms with E-state index in [1.54, 1.807) is 32.2 Å². The molecule has 132 valence electrons. The van der Waals surface area contributed by atoms with Crippen LogP contribution in [0.3, 0.4) is 0 Å². The van der Waals surface area contributed by atoms with Gasteiger partial charge in [0.2, 0.25) is 5.91 Å². The summed E-state index contributed by atoms with van der Waals surface area (Å²) in [5.41, 5.74) is 0.847. The topological polar surface area (TPSA) is 90.7 Å². The summed E-state index contributed by atoms with van der Waals surface area (Å²) in [5, 5.41) is 13.6. The Hall–Kier alpha value is -3.09. The highest BCUT2D eigenvalue weighted by Crippen LogP contribution is 2.27. The van der Waals surface area contributed by atoms with Crippen LogP contribution in [0.1, 0.15) is 18.4 Å². The Labute approximate surface area is 145 Å². The lowest BCUT2D eigenvalue weighted by Gasteiger charge is -2.10. The first-order valence-electron chi connectivity index (χ1n) is 7.82. The van der Waals surface area contributed by atoms with Crippen LogP contribution in [0.25, 0.3) is 0 Å². The zero-order valence-corrected chi connectivity index (χ0v) is 14.2. The van der Waals surface area contributed by atoms with Crippen molar-refractivity contribution >= 4 is 17.3 Å². The molecule has 0 aliphatic heterocycles. The lowest BCUT2D eigenvalue weighted by atomic mass is 10.2. The number of hydrogen-bond donors (Lipinski definition) is 1. The molecular weight excluding hydrogens is 324 g/mol. The maximum atomic E-state index is 12.0. The minimum Gasteiger partial charge on any atom is -0.493 e. The fourth-order valence-corrected chi connectivity index (χ4v) is 2.26. The number of carbonyl (C=O) groups is 1. The monoisotopic (exact) mass is 344 g/mol. The molecule has 0 bridgehead atoms. The van der Waals surface area contributed by atoms with Crippen LogP contribution in [-0.2, 0) is 4.79 Å². The molecule has 7 nitrogen and oxygen atoms in total. The predicted octanol–water partition coefficient (Wildman–Crippen LogP) is 3.71. The zero-order valence-electron chi connectivity index (χ0n) is 14.2. The molecule has 0 saturated carbocycles. The summed E-state index contributed by atoms with van der Waals surface area (Å²) in [7, 11) is 1.56. The molecule has 1 N–H and O–H groups in total. The van der Waals surface area contributed by atoms with Crippen LogP contribution in [0.15, 0.2) is 42.5 Å². The standard InChI is InChI=1S/C18H20N2O5/c1-13-9-10-14(15(12-13)20(22)23)19-18(21)8-5-11-25-17-7-4-3-6-16(17)24-2/h3-4,6-7,9-10,12H,5,8,11H2,1-2H3,(H,19,21). The third kappa shape index (κ3) is 5.20. The smallest absolute Gasteiger partial charge is 0.293 e. The average Bonchev–Trinajstić information content (AvgIpc) is 2.60. The Morgan fingerprint density at radius 3 is 2.60 bits per heavy atom. The van der Waals surface area contributed by atoms with E-state index in [-0.39, 0.29) is 23.7 Å². The van der Waals surface area contributed by atoms with E-state index in [4.69, 9.17) is 9.47 Å². The normalized spacial score (nSPS) is 10.2. The number of ether oxygens (including phenoxy) is 2. The number of benzene rings is 2.